The van der Waals surface area contributed by atoms with Crippen molar-refractivity contribution in [1.82, 2.24) is 15.1 Å². The molecule has 2 N–H and O–H groups in total. The molecule has 1 heterocycles. The number of aromatic nitrogens is 2. The summed E-state index contributed by atoms with van der Waals surface area (Å²) in [6.45, 7) is 2.87. The van der Waals surface area contributed by atoms with E-state index < -0.39 is 12.0 Å². The van der Waals surface area contributed by atoms with Gasteiger partial charge < -0.3 is 10.4 Å². The van der Waals surface area contributed by atoms with E-state index in [0.29, 0.717) is 13.1 Å². The molecule has 0 fully saturated rings. The topological polar surface area (TPSA) is 67.2 Å². The van der Waals surface area contributed by atoms with Gasteiger partial charge in [-0.3, -0.25) is 9.48 Å². The molecule has 0 spiro atoms. The van der Waals surface area contributed by atoms with E-state index in [9.17, 15) is 4.79 Å². The first-order valence-electron chi connectivity index (χ1n) is 4.27. The van der Waals surface area contributed by atoms with Gasteiger partial charge in [-0.05, 0) is 29.1 Å². The number of likely N-dealkylation sites (N-methyl/N-ethyl adjacent to an activating group) is 1. The second-order valence-corrected chi connectivity index (χ2v) is 4.07. The molecule has 0 saturated carbocycles. The zero-order valence-corrected chi connectivity index (χ0v) is 9.93. The van der Waals surface area contributed by atoms with Crippen LogP contribution in [0.4, 0.5) is 0 Å². The lowest BCUT2D eigenvalue weighted by Crippen LogP contribution is -2.40. The molecule has 0 saturated heterocycles. The van der Waals surface area contributed by atoms with Crippen molar-refractivity contribution in [3.63, 3.8) is 0 Å². The molecule has 1 atom stereocenters. The number of nitrogens with zero attached hydrogens (tertiary/aromatic N) is 2. The number of nitrogens with one attached hydrogen (secondary N) is 1. The SMILES string of the molecule is CCNC(Cn1cc(I)cn1)C(=O)O. The molecule has 1 aromatic heterocycles. The molecule has 0 bridgehead atoms. The maximum absolute atomic E-state index is 10.8. The van der Waals surface area contributed by atoms with Gasteiger partial charge in [0.25, 0.3) is 0 Å². The van der Waals surface area contributed by atoms with Crippen LogP contribution in [0.5, 0.6) is 0 Å². The van der Waals surface area contributed by atoms with Gasteiger partial charge in [-0.1, -0.05) is 6.92 Å². The Balaban J connectivity index is 2.59. The normalized spacial score (nSPS) is 12.7. The van der Waals surface area contributed by atoms with Crippen molar-refractivity contribution in [1.29, 1.82) is 0 Å². The summed E-state index contributed by atoms with van der Waals surface area (Å²) < 4.78 is 2.63. The summed E-state index contributed by atoms with van der Waals surface area (Å²) in [5.41, 5.74) is 0. The van der Waals surface area contributed by atoms with Crippen molar-refractivity contribution < 1.29 is 9.90 Å². The van der Waals surface area contributed by atoms with Crippen LogP contribution >= 0.6 is 22.6 Å². The number of carboxylic acids is 1. The van der Waals surface area contributed by atoms with E-state index in [1.54, 1.807) is 10.9 Å². The van der Waals surface area contributed by atoms with Gasteiger partial charge in [0.1, 0.15) is 6.04 Å². The Morgan fingerprint density at radius 1 is 1.86 bits per heavy atom. The van der Waals surface area contributed by atoms with Gasteiger partial charge in [0.15, 0.2) is 0 Å². The molecule has 1 unspecified atom stereocenters. The number of rotatable bonds is 5. The average molecular weight is 309 g/mol. The Bertz CT molecular complexity index is 313. The maximum atomic E-state index is 10.8. The number of carbonyl (C=O) groups is 1. The molecule has 14 heavy (non-hydrogen) atoms. The molecule has 0 aliphatic rings. The van der Waals surface area contributed by atoms with Gasteiger partial charge >= 0.3 is 5.97 Å². The van der Waals surface area contributed by atoms with E-state index in [1.165, 1.54) is 0 Å². The van der Waals surface area contributed by atoms with Crippen molar-refractivity contribution >= 4 is 28.6 Å². The van der Waals surface area contributed by atoms with E-state index in [1.807, 2.05) is 13.1 Å². The Hall–Kier alpha value is -0.630. The highest BCUT2D eigenvalue weighted by molar-refractivity contribution is 14.1. The first kappa shape index (κ1) is 11.4. The molecule has 1 aromatic rings. The summed E-state index contributed by atoms with van der Waals surface area (Å²) in [6, 6.07) is -0.573. The zero-order chi connectivity index (χ0) is 10.6. The minimum atomic E-state index is -0.850. The Morgan fingerprint density at radius 2 is 2.57 bits per heavy atom. The van der Waals surface area contributed by atoms with Crippen LogP contribution in [-0.4, -0.2) is 33.4 Å². The minimum absolute atomic E-state index is 0.353. The molecule has 0 amide bonds. The van der Waals surface area contributed by atoms with Crippen molar-refractivity contribution in [2.75, 3.05) is 6.54 Å². The van der Waals surface area contributed by atoms with Gasteiger partial charge in [-0.2, -0.15) is 5.10 Å². The van der Waals surface area contributed by atoms with Crippen LogP contribution in [0.1, 0.15) is 6.92 Å². The molecule has 0 radical (unpaired) electrons. The highest BCUT2D eigenvalue weighted by Gasteiger charge is 2.16. The number of hydrogen-bond donors (Lipinski definition) is 2. The Morgan fingerprint density at radius 3 is 3.00 bits per heavy atom. The number of carboxylic acid groups (broad SMARTS) is 1. The molecule has 78 valence electrons. The third-order valence-electron chi connectivity index (χ3n) is 1.72. The van der Waals surface area contributed by atoms with Gasteiger partial charge in [0.05, 0.1) is 16.3 Å². The zero-order valence-electron chi connectivity index (χ0n) is 7.77. The standard InChI is InChI=1S/C8H12IN3O2/c1-2-10-7(8(13)14)5-12-4-6(9)3-11-12/h3-4,7,10H,2,5H2,1H3,(H,13,14). The highest BCUT2D eigenvalue weighted by atomic mass is 127. The predicted molar refractivity (Wildman–Crippen MR) is 60.0 cm³/mol. The quantitative estimate of drug-likeness (QED) is 0.780. The maximum Gasteiger partial charge on any atom is 0.322 e. The second-order valence-electron chi connectivity index (χ2n) is 2.83. The molecule has 5 nitrogen and oxygen atoms in total. The fraction of sp³-hybridized carbons (Fsp3) is 0.500. The van der Waals surface area contributed by atoms with Crippen LogP contribution in [0.2, 0.25) is 0 Å². The monoisotopic (exact) mass is 309 g/mol. The van der Waals surface area contributed by atoms with Crippen LogP contribution in [0, 0.1) is 3.57 Å². The largest absolute Gasteiger partial charge is 0.480 e. The summed E-state index contributed by atoms with van der Waals surface area (Å²) in [5, 5.41) is 15.8. The lowest BCUT2D eigenvalue weighted by atomic mass is 10.3. The first-order valence-corrected chi connectivity index (χ1v) is 5.35. The van der Waals surface area contributed by atoms with E-state index in [0.717, 1.165) is 3.57 Å². The van der Waals surface area contributed by atoms with Crippen LogP contribution in [0.25, 0.3) is 0 Å². The molecule has 0 aliphatic heterocycles. The Labute approximate surface area is 95.6 Å². The Kier molecular flexibility index (Phi) is 4.33. The van der Waals surface area contributed by atoms with Crippen molar-refractivity contribution in [2.45, 2.75) is 19.5 Å². The summed E-state index contributed by atoms with van der Waals surface area (Å²) >= 11 is 2.13. The number of hydrogen-bond acceptors (Lipinski definition) is 3. The number of aliphatic carboxylic acids is 1. The lowest BCUT2D eigenvalue weighted by Gasteiger charge is -2.12. The molecule has 6 heteroatoms. The van der Waals surface area contributed by atoms with Gasteiger partial charge in [0, 0.05) is 6.20 Å². The van der Waals surface area contributed by atoms with Crippen molar-refractivity contribution in [3.8, 4) is 0 Å². The minimum Gasteiger partial charge on any atom is -0.480 e. The van der Waals surface area contributed by atoms with E-state index in [-0.39, 0.29) is 0 Å². The van der Waals surface area contributed by atoms with Crippen LogP contribution in [0.3, 0.4) is 0 Å². The van der Waals surface area contributed by atoms with Gasteiger partial charge in [-0.15, -0.1) is 0 Å². The molecule has 1 rings (SSSR count). The fourth-order valence-electron chi connectivity index (χ4n) is 1.10. The van der Waals surface area contributed by atoms with Crippen LogP contribution in [0.15, 0.2) is 12.4 Å². The predicted octanol–water partition coefficient (Wildman–Crippen LogP) is 0.550. The number of halogens is 1. The van der Waals surface area contributed by atoms with Crippen LogP contribution in [-0.2, 0) is 11.3 Å². The molecule has 0 aliphatic carbocycles. The molecule has 0 aromatic carbocycles. The molecular weight excluding hydrogens is 297 g/mol. The third-order valence-corrected chi connectivity index (χ3v) is 2.28. The van der Waals surface area contributed by atoms with Gasteiger partial charge in [-0.25, -0.2) is 0 Å². The van der Waals surface area contributed by atoms with E-state index in [4.69, 9.17) is 5.11 Å². The summed E-state index contributed by atoms with van der Waals surface area (Å²) in [7, 11) is 0. The van der Waals surface area contributed by atoms with Crippen molar-refractivity contribution in [3.05, 3.63) is 16.0 Å². The highest BCUT2D eigenvalue weighted by Crippen LogP contribution is 2.02. The fourth-order valence-corrected chi connectivity index (χ4v) is 1.55. The van der Waals surface area contributed by atoms with Crippen LogP contribution < -0.4 is 5.32 Å². The summed E-state index contributed by atoms with van der Waals surface area (Å²) in [5.74, 6) is -0.850. The second kappa shape index (κ2) is 5.30. The summed E-state index contributed by atoms with van der Waals surface area (Å²) in [6.07, 6.45) is 3.51. The smallest absolute Gasteiger partial charge is 0.322 e. The average Bonchev–Trinajstić information content (AvgIpc) is 2.50. The van der Waals surface area contributed by atoms with E-state index in [2.05, 4.69) is 33.0 Å². The van der Waals surface area contributed by atoms with E-state index >= 15 is 0 Å². The van der Waals surface area contributed by atoms with Crippen molar-refractivity contribution in [2.24, 2.45) is 0 Å². The lowest BCUT2D eigenvalue weighted by molar-refractivity contribution is -0.139. The first-order chi connectivity index (χ1) is 6.63. The third kappa shape index (κ3) is 3.26. The molecular formula is C8H12IN3O2. The van der Waals surface area contributed by atoms with Gasteiger partial charge in [0.2, 0.25) is 0 Å². The summed E-state index contributed by atoms with van der Waals surface area (Å²) in [4.78, 5) is 10.8.